The van der Waals surface area contributed by atoms with Crippen LogP contribution in [0.3, 0.4) is 0 Å². The molecule has 3 rings (SSSR count). The molecule has 2 aromatic rings. The molecule has 20 heavy (non-hydrogen) atoms. The van der Waals surface area contributed by atoms with Crippen molar-refractivity contribution in [2.24, 2.45) is 0 Å². The van der Waals surface area contributed by atoms with Gasteiger partial charge in [-0.3, -0.25) is 4.79 Å². The Balaban J connectivity index is 1.81. The lowest BCUT2D eigenvalue weighted by Crippen LogP contribution is -2.23. The van der Waals surface area contributed by atoms with Gasteiger partial charge in [-0.1, -0.05) is 18.2 Å². The Labute approximate surface area is 116 Å². The average Bonchev–Trinajstić information content (AvgIpc) is 2.47. The molecular formula is C16H15FN2O. The predicted octanol–water partition coefficient (Wildman–Crippen LogP) is 2.72. The Bertz CT molecular complexity index is 655. The predicted molar refractivity (Wildman–Crippen MR) is 76.2 cm³/mol. The fraction of sp³-hybridized carbons (Fsp3) is 0.188. The van der Waals surface area contributed by atoms with Crippen molar-refractivity contribution in [3.05, 3.63) is 65.0 Å². The highest BCUT2D eigenvalue weighted by Gasteiger charge is 2.13. The SMILES string of the molecule is O=C(Nc1ccc2c(c1)CNCC2)c1ccccc1F. The molecule has 1 amide bonds. The van der Waals surface area contributed by atoms with Crippen molar-refractivity contribution in [3.8, 4) is 0 Å². The largest absolute Gasteiger partial charge is 0.322 e. The molecule has 4 heteroatoms. The van der Waals surface area contributed by atoms with E-state index in [1.165, 1.54) is 23.3 Å². The molecule has 0 bridgehead atoms. The van der Waals surface area contributed by atoms with Crippen LogP contribution in [0.4, 0.5) is 10.1 Å². The van der Waals surface area contributed by atoms with Crippen LogP contribution >= 0.6 is 0 Å². The second-order valence-electron chi connectivity index (χ2n) is 4.84. The lowest BCUT2D eigenvalue weighted by Gasteiger charge is -2.18. The van der Waals surface area contributed by atoms with Crippen LogP contribution in [0.5, 0.6) is 0 Å². The summed E-state index contributed by atoms with van der Waals surface area (Å²) < 4.78 is 13.5. The fourth-order valence-corrected chi connectivity index (χ4v) is 2.40. The van der Waals surface area contributed by atoms with E-state index in [1.54, 1.807) is 12.1 Å². The minimum Gasteiger partial charge on any atom is -0.322 e. The summed E-state index contributed by atoms with van der Waals surface area (Å²) in [5.41, 5.74) is 3.24. The van der Waals surface area contributed by atoms with E-state index in [0.29, 0.717) is 5.69 Å². The molecule has 3 nitrogen and oxygen atoms in total. The Morgan fingerprint density at radius 3 is 2.85 bits per heavy atom. The van der Waals surface area contributed by atoms with E-state index >= 15 is 0 Å². The van der Waals surface area contributed by atoms with Crippen LogP contribution in [0.1, 0.15) is 21.5 Å². The lowest BCUT2D eigenvalue weighted by atomic mass is 10.0. The van der Waals surface area contributed by atoms with Crippen molar-refractivity contribution in [1.29, 1.82) is 0 Å². The quantitative estimate of drug-likeness (QED) is 0.881. The third kappa shape index (κ3) is 2.56. The average molecular weight is 270 g/mol. The van der Waals surface area contributed by atoms with E-state index in [2.05, 4.69) is 10.6 Å². The first kappa shape index (κ1) is 12.8. The molecule has 1 aliphatic heterocycles. The summed E-state index contributed by atoms with van der Waals surface area (Å²) in [5.74, 6) is -0.934. The second kappa shape index (κ2) is 5.43. The van der Waals surface area contributed by atoms with Crippen molar-refractivity contribution in [1.82, 2.24) is 5.32 Å². The van der Waals surface area contributed by atoms with Gasteiger partial charge in [0.1, 0.15) is 5.82 Å². The van der Waals surface area contributed by atoms with Crippen molar-refractivity contribution < 1.29 is 9.18 Å². The third-order valence-corrected chi connectivity index (χ3v) is 3.47. The first-order valence-corrected chi connectivity index (χ1v) is 6.62. The summed E-state index contributed by atoms with van der Waals surface area (Å²) in [6, 6.07) is 11.8. The number of carbonyl (C=O) groups is 1. The molecule has 0 spiro atoms. The van der Waals surface area contributed by atoms with Crippen LogP contribution < -0.4 is 10.6 Å². The van der Waals surface area contributed by atoms with Gasteiger partial charge in [0.2, 0.25) is 0 Å². The van der Waals surface area contributed by atoms with Gasteiger partial charge in [0.15, 0.2) is 0 Å². The van der Waals surface area contributed by atoms with Crippen molar-refractivity contribution in [2.75, 3.05) is 11.9 Å². The van der Waals surface area contributed by atoms with Gasteiger partial charge < -0.3 is 10.6 Å². The summed E-state index contributed by atoms with van der Waals surface area (Å²) in [5, 5.41) is 6.03. The molecule has 0 aromatic heterocycles. The number of carbonyl (C=O) groups excluding carboxylic acids is 1. The Kier molecular flexibility index (Phi) is 3.48. The summed E-state index contributed by atoms with van der Waals surface area (Å²) in [4.78, 5) is 12.0. The van der Waals surface area contributed by atoms with Crippen LogP contribution in [0, 0.1) is 5.82 Å². The molecule has 0 atom stereocenters. The van der Waals surface area contributed by atoms with Gasteiger partial charge in [-0.2, -0.15) is 0 Å². The van der Waals surface area contributed by atoms with Crippen molar-refractivity contribution >= 4 is 11.6 Å². The van der Waals surface area contributed by atoms with Gasteiger partial charge in [-0.15, -0.1) is 0 Å². The standard InChI is InChI=1S/C16H15FN2O/c17-15-4-2-1-3-14(15)16(20)19-13-6-5-11-7-8-18-10-12(11)9-13/h1-6,9,18H,7-8,10H2,(H,19,20). The molecule has 0 saturated carbocycles. The Hall–Kier alpha value is -2.20. The number of fused-ring (bicyclic) bond motifs is 1. The van der Waals surface area contributed by atoms with Crippen molar-refractivity contribution in [2.45, 2.75) is 13.0 Å². The van der Waals surface area contributed by atoms with Crippen LogP contribution in [0.2, 0.25) is 0 Å². The minimum atomic E-state index is -0.510. The van der Waals surface area contributed by atoms with E-state index in [-0.39, 0.29) is 5.56 Å². The lowest BCUT2D eigenvalue weighted by molar-refractivity contribution is 0.102. The van der Waals surface area contributed by atoms with E-state index in [9.17, 15) is 9.18 Å². The molecule has 2 N–H and O–H groups in total. The highest BCUT2D eigenvalue weighted by Crippen LogP contribution is 2.20. The van der Waals surface area contributed by atoms with E-state index in [4.69, 9.17) is 0 Å². The molecule has 2 aromatic carbocycles. The van der Waals surface area contributed by atoms with Crippen LogP contribution in [-0.2, 0) is 13.0 Å². The summed E-state index contributed by atoms with van der Waals surface area (Å²) in [6.07, 6.45) is 0.997. The molecular weight excluding hydrogens is 255 g/mol. The van der Waals surface area contributed by atoms with E-state index < -0.39 is 11.7 Å². The summed E-state index contributed by atoms with van der Waals surface area (Å²) >= 11 is 0. The van der Waals surface area contributed by atoms with Crippen LogP contribution in [0.15, 0.2) is 42.5 Å². The molecule has 1 heterocycles. The molecule has 0 fully saturated rings. The molecule has 1 aliphatic rings. The smallest absolute Gasteiger partial charge is 0.258 e. The van der Waals surface area contributed by atoms with Gasteiger partial charge in [-0.05, 0) is 48.4 Å². The third-order valence-electron chi connectivity index (χ3n) is 3.47. The highest BCUT2D eigenvalue weighted by atomic mass is 19.1. The number of hydrogen-bond acceptors (Lipinski definition) is 2. The minimum absolute atomic E-state index is 0.0587. The van der Waals surface area contributed by atoms with Crippen LogP contribution in [0.25, 0.3) is 0 Å². The van der Waals surface area contributed by atoms with Gasteiger partial charge in [0.25, 0.3) is 5.91 Å². The number of rotatable bonds is 2. The number of anilines is 1. The van der Waals surface area contributed by atoms with Crippen molar-refractivity contribution in [3.63, 3.8) is 0 Å². The Morgan fingerprint density at radius 1 is 1.15 bits per heavy atom. The maximum Gasteiger partial charge on any atom is 0.258 e. The van der Waals surface area contributed by atoms with Gasteiger partial charge in [-0.25, -0.2) is 4.39 Å². The zero-order valence-electron chi connectivity index (χ0n) is 10.9. The Morgan fingerprint density at radius 2 is 2.00 bits per heavy atom. The van der Waals surface area contributed by atoms with Gasteiger partial charge in [0.05, 0.1) is 5.56 Å². The first-order chi connectivity index (χ1) is 9.74. The first-order valence-electron chi connectivity index (χ1n) is 6.62. The molecule has 0 unspecified atom stereocenters. The maximum absolute atomic E-state index is 13.5. The molecule has 0 saturated heterocycles. The molecule has 102 valence electrons. The molecule has 0 aliphatic carbocycles. The molecule has 0 radical (unpaired) electrons. The normalized spacial score (nSPS) is 13.7. The number of nitrogens with one attached hydrogen (secondary N) is 2. The van der Waals surface area contributed by atoms with E-state index in [0.717, 1.165) is 19.5 Å². The summed E-state index contributed by atoms with van der Waals surface area (Å²) in [6.45, 7) is 1.78. The number of hydrogen-bond donors (Lipinski definition) is 2. The monoisotopic (exact) mass is 270 g/mol. The number of benzene rings is 2. The maximum atomic E-state index is 13.5. The van der Waals surface area contributed by atoms with Gasteiger partial charge in [0, 0.05) is 12.2 Å². The summed E-state index contributed by atoms with van der Waals surface area (Å²) in [7, 11) is 0. The second-order valence-corrected chi connectivity index (χ2v) is 4.84. The van der Waals surface area contributed by atoms with E-state index in [1.807, 2.05) is 18.2 Å². The fourth-order valence-electron chi connectivity index (χ4n) is 2.40. The number of amides is 1. The van der Waals surface area contributed by atoms with Crippen LogP contribution in [-0.4, -0.2) is 12.5 Å². The topological polar surface area (TPSA) is 41.1 Å². The highest BCUT2D eigenvalue weighted by molar-refractivity contribution is 6.04. The van der Waals surface area contributed by atoms with Gasteiger partial charge >= 0.3 is 0 Å². The zero-order chi connectivity index (χ0) is 13.9. The number of halogens is 1. The zero-order valence-corrected chi connectivity index (χ0v) is 10.9.